The minimum absolute atomic E-state index is 0.0416. The van der Waals surface area contributed by atoms with Gasteiger partial charge < -0.3 is 4.74 Å². The first kappa shape index (κ1) is 16.0. The van der Waals surface area contributed by atoms with Crippen LogP contribution in [-0.2, 0) is 0 Å². The second-order valence-electron chi connectivity index (χ2n) is 5.95. The van der Waals surface area contributed by atoms with E-state index in [1.54, 1.807) is 0 Å². The maximum absolute atomic E-state index is 13.0. The van der Waals surface area contributed by atoms with Crippen LogP contribution < -0.4 is 4.74 Å². The van der Waals surface area contributed by atoms with Gasteiger partial charge in [0.05, 0.1) is 0 Å². The first-order valence-electron chi connectivity index (χ1n) is 8.02. The fraction of sp³-hybridized carbons (Fsp3) is 0.136. The van der Waals surface area contributed by atoms with Crippen LogP contribution in [0.5, 0.6) is 5.75 Å². The number of carbonyl (C=O) groups is 1. The van der Waals surface area contributed by atoms with E-state index in [0.717, 1.165) is 16.7 Å². The van der Waals surface area contributed by atoms with Crippen molar-refractivity contribution in [3.63, 3.8) is 0 Å². The molecule has 0 bridgehead atoms. The molecule has 0 fully saturated rings. The summed E-state index contributed by atoms with van der Waals surface area (Å²) in [6.07, 6.45) is -0.657. The van der Waals surface area contributed by atoms with Crippen LogP contribution in [0.1, 0.15) is 33.2 Å². The number of aryl methyl sites for hydroxylation is 2. The Morgan fingerprint density at radius 2 is 1.29 bits per heavy atom. The van der Waals surface area contributed by atoms with Crippen molar-refractivity contribution in [3.8, 4) is 5.75 Å². The second kappa shape index (κ2) is 7.14. The molecule has 24 heavy (non-hydrogen) atoms. The van der Waals surface area contributed by atoms with Gasteiger partial charge >= 0.3 is 0 Å². The molecule has 0 radical (unpaired) electrons. The smallest absolute Gasteiger partial charge is 0.207 e. The molecule has 0 N–H and O–H groups in total. The van der Waals surface area contributed by atoms with Crippen LogP contribution in [0.4, 0.5) is 0 Å². The molecule has 0 aliphatic rings. The lowest BCUT2D eigenvalue weighted by Crippen LogP contribution is -2.19. The monoisotopic (exact) mass is 316 g/mol. The van der Waals surface area contributed by atoms with Gasteiger partial charge in [-0.15, -0.1) is 0 Å². The summed E-state index contributed by atoms with van der Waals surface area (Å²) in [4.78, 5) is 13.0. The van der Waals surface area contributed by atoms with Crippen LogP contribution >= 0.6 is 0 Å². The van der Waals surface area contributed by atoms with Gasteiger partial charge in [0.15, 0.2) is 6.10 Å². The summed E-state index contributed by atoms with van der Waals surface area (Å²) < 4.78 is 6.06. The van der Waals surface area contributed by atoms with Gasteiger partial charge in [0.2, 0.25) is 5.78 Å². The molecule has 0 saturated heterocycles. The summed E-state index contributed by atoms with van der Waals surface area (Å²) in [5.41, 5.74) is 3.81. The number of rotatable bonds is 5. The molecular formula is C22H20O2. The normalized spacial score (nSPS) is 11.8. The summed E-state index contributed by atoms with van der Waals surface area (Å²) in [5, 5.41) is 0. The third-order valence-corrected chi connectivity index (χ3v) is 3.95. The molecule has 3 rings (SSSR count). The van der Waals surface area contributed by atoms with Crippen LogP contribution in [-0.4, -0.2) is 5.78 Å². The van der Waals surface area contributed by atoms with Gasteiger partial charge in [0.1, 0.15) is 5.75 Å². The van der Waals surface area contributed by atoms with E-state index in [1.165, 1.54) is 0 Å². The Labute approximate surface area is 142 Å². The van der Waals surface area contributed by atoms with Crippen molar-refractivity contribution in [3.05, 3.63) is 101 Å². The van der Waals surface area contributed by atoms with Crippen molar-refractivity contribution in [2.75, 3.05) is 0 Å². The molecular weight excluding hydrogens is 296 g/mol. The van der Waals surface area contributed by atoms with E-state index in [1.807, 2.05) is 92.7 Å². The van der Waals surface area contributed by atoms with Gasteiger partial charge in [0, 0.05) is 11.1 Å². The highest BCUT2D eigenvalue weighted by Crippen LogP contribution is 2.26. The van der Waals surface area contributed by atoms with Gasteiger partial charge in [-0.25, -0.2) is 0 Å². The molecule has 0 aromatic heterocycles. The van der Waals surface area contributed by atoms with Crippen molar-refractivity contribution in [2.24, 2.45) is 0 Å². The highest BCUT2D eigenvalue weighted by molar-refractivity contribution is 6.00. The summed E-state index contributed by atoms with van der Waals surface area (Å²) in [5.74, 6) is 0.649. The largest absolute Gasteiger partial charge is 0.478 e. The number of hydrogen-bond acceptors (Lipinski definition) is 2. The molecule has 0 saturated carbocycles. The van der Waals surface area contributed by atoms with Crippen LogP contribution in [0.15, 0.2) is 78.9 Å². The van der Waals surface area contributed by atoms with E-state index >= 15 is 0 Å². The van der Waals surface area contributed by atoms with E-state index < -0.39 is 6.10 Å². The Kier molecular flexibility index (Phi) is 4.76. The lowest BCUT2D eigenvalue weighted by Gasteiger charge is -2.19. The fourth-order valence-corrected chi connectivity index (χ4v) is 2.52. The molecule has 3 aromatic carbocycles. The van der Waals surface area contributed by atoms with Crippen molar-refractivity contribution in [1.29, 1.82) is 0 Å². The van der Waals surface area contributed by atoms with Crippen LogP contribution in [0, 0.1) is 13.8 Å². The minimum Gasteiger partial charge on any atom is -0.478 e. The standard InChI is InChI=1S/C22H20O2/c1-16-8-12-19(13-9-16)22(21(23)18-6-4-3-5-7-18)24-20-14-10-17(2)11-15-20/h3-15,22H,1-2H3. The van der Waals surface area contributed by atoms with Gasteiger partial charge in [-0.2, -0.15) is 0 Å². The van der Waals surface area contributed by atoms with Crippen LogP contribution in [0.3, 0.4) is 0 Å². The van der Waals surface area contributed by atoms with Crippen LogP contribution in [0.25, 0.3) is 0 Å². The number of ketones is 1. The molecule has 0 amide bonds. The topological polar surface area (TPSA) is 26.3 Å². The quantitative estimate of drug-likeness (QED) is 0.597. The molecule has 1 unspecified atom stereocenters. The van der Waals surface area contributed by atoms with E-state index in [-0.39, 0.29) is 5.78 Å². The number of ether oxygens (including phenoxy) is 1. The van der Waals surface area contributed by atoms with E-state index in [2.05, 4.69) is 0 Å². The van der Waals surface area contributed by atoms with Gasteiger partial charge in [-0.05, 0) is 26.0 Å². The summed E-state index contributed by atoms with van der Waals surface area (Å²) in [7, 11) is 0. The molecule has 0 aliphatic carbocycles. The molecule has 2 nitrogen and oxygen atoms in total. The highest BCUT2D eigenvalue weighted by Gasteiger charge is 2.24. The molecule has 1 atom stereocenters. The summed E-state index contributed by atoms with van der Waals surface area (Å²) >= 11 is 0. The van der Waals surface area contributed by atoms with Crippen molar-refractivity contribution >= 4 is 5.78 Å². The summed E-state index contributed by atoms with van der Waals surface area (Å²) in [6, 6.07) is 24.9. The number of benzene rings is 3. The molecule has 2 heteroatoms. The lowest BCUT2D eigenvalue weighted by molar-refractivity contribution is 0.0792. The van der Waals surface area contributed by atoms with E-state index in [4.69, 9.17) is 4.74 Å². The van der Waals surface area contributed by atoms with Crippen molar-refractivity contribution in [2.45, 2.75) is 20.0 Å². The zero-order valence-corrected chi connectivity index (χ0v) is 13.9. The fourth-order valence-electron chi connectivity index (χ4n) is 2.52. The summed E-state index contributed by atoms with van der Waals surface area (Å²) in [6.45, 7) is 4.05. The second-order valence-corrected chi connectivity index (χ2v) is 5.95. The van der Waals surface area contributed by atoms with E-state index in [9.17, 15) is 4.79 Å². The Morgan fingerprint density at radius 3 is 1.88 bits per heavy atom. The number of hydrogen-bond donors (Lipinski definition) is 0. The predicted molar refractivity (Wildman–Crippen MR) is 96.5 cm³/mol. The van der Waals surface area contributed by atoms with Gasteiger partial charge in [-0.1, -0.05) is 77.9 Å². The zero-order valence-electron chi connectivity index (χ0n) is 13.9. The Balaban J connectivity index is 1.95. The molecule has 120 valence electrons. The maximum atomic E-state index is 13.0. The molecule has 0 aliphatic heterocycles. The SMILES string of the molecule is Cc1ccc(OC(C(=O)c2ccccc2)c2ccc(C)cc2)cc1. The van der Waals surface area contributed by atoms with Crippen LogP contribution in [0.2, 0.25) is 0 Å². The first-order chi connectivity index (χ1) is 11.6. The minimum atomic E-state index is -0.657. The van der Waals surface area contributed by atoms with Crippen molar-refractivity contribution < 1.29 is 9.53 Å². The number of carbonyl (C=O) groups excluding carboxylic acids is 1. The maximum Gasteiger partial charge on any atom is 0.207 e. The zero-order chi connectivity index (χ0) is 16.9. The third-order valence-electron chi connectivity index (χ3n) is 3.95. The average molecular weight is 316 g/mol. The Morgan fingerprint density at radius 1 is 0.750 bits per heavy atom. The highest BCUT2D eigenvalue weighted by atomic mass is 16.5. The first-order valence-corrected chi connectivity index (χ1v) is 8.02. The molecule has 0 spiro atoms. The Hall–Kier alpha value is -2.87. The van der Waals surface area contributed by atoms with E-state index in [0.29, 0.717) is 11.3 Å². The van der Waals surface area contributed by atoms with Gasteiger partial charge in [-0.3, -0.25) is 4.79 Å². The Bertz CT molecular complexity index is 803. The molecule has 3 aromatic rings. The number of Topliss-reactive ketones (excluding diaryl/α,β-unsaturated/α-hetero) is 1. The predicted octanol–water partition coefficient (Wildman–Crippen LogP) is 5.31. The average Bonchev–Trinajstić information content (AvgIpc) is 2.62. The van der Waals surface area contributed by atoms with Gasteiger partial charge in [0.25, 0.3) is 0 Å². The third kappa shape index (κ3) is 3.72. The van der Waals surface area contributed by atoms with Crippen molar-refractivity contribution in [1.82, 2.24) is 0 Å². The lowest BCUT2D eigenvalue weighted by atomic mass is 9.99. The molecule has 0 heterocycles.